The topological polar surface area (TPSA) is 359 Å². The smallest absolute Gasteiger partial charge is 0.455 e. The van der Waals surface area contributed by atoms with Crippen molar-refractivity contribution in [2.75, 3.05) is 31.7 Å². The van der Waals surface area contributed by atoms with Gasteiger partial charge in [0.25, 0.3) is 0 Å². The Bertz CT molecular complexity index is 2380. The first-order valence-electron chi connectivity index (χ1n) is 18.8. The van der Waals surface area contributed by atoms with Crippen molar-refractivity contribution in [3.05, 3.63) is 84.0 Å². The van der Waals surface area contributed by atoms with Crippen molar-refractivity contribution in [1.29, 1.82) is 0 Å². The molecule has 0 saturated carbocycles. The molecule has 2 aliphatic heterocycles. The second-order valence-electron chi connectivity index (χ2n) is 14.1. The van der Waals surface area contributed by atoms with E-state index in [-0.39, 0.29) is 35.6 Å². The maximum absolute atomic E-state index is 14.1. The third-order valence-electron chi connectivity index (χ3n) is 9.97. The monoisotopic (exact) mass is 909 g/mol. The molecule has 4 aromatic rings. The molecule has 0 radical (unpaired) electrons. The lowest BCUT2D eigenvalue weighted by Crippen LogP contribution is -2.47. The number of likely N-dealkylation sites (N-methyl/N-ethyl adjacent to an activating group) is 1. The summed E-state index contributed by atoms with van der Waals surface area (Å²) in [6.45, 7) is 1.67. The summed E-state index contributed by atoms with van der Waals surface area (Å²) >= 11 is 0. The maximum Gasteiger partial charge on any atom is 0.472 e. The lowest BCUT2D eigenvalue weighted by molar-refractivity contribution is -0.165. The molecule has 1 amide bonds. The van der Waals surface area contributed by atoms with Crippen LogP contribution < -0.4 is 17.2 Å². The van der Waals surface area contributed by atoms with Crippen LogP contribution in [0.1, 0.15) is 37.3 Å². The SMILES string of the molecule is C=CCCC(=O)N(C)[C@H](CCc1ccccc1)C(=O)OC1C(COP(=O)(O)O[C@H]2[C@@H](O)[C@H](n3ccc(N)nc3=O)O[C@@H]2COP(=O)(O)O)OC(n2cnc3c(N)ncnc32)C1O. The Morgan fingerprint density at radius 1 is 0.968 bits per heavy atom. The average Bonchev–Trinajstić information content (AvgIpc) is 3.88. The first kappa shape index (κ1) is 46.5. The summed E-state index contributed by atoms with van der Waals surface area (Å²) in [5, 5.41) is 22.9. The number of nitrogens with two attached hydrogens (primary N) is 2. The number of aliphatic hydroxyl groups excluding tert-OH is 2. The van der Waals surface area contributed by atoms with Gasteiger partial charge in [-0.05, 0) is 30.9 Å². The third-order valence-corrected chi connectivity index (χ3v) is 11.4. The lowest BCUT2D eigenvalue weighted by atomic mass is 10.0. The predicted molar refractivity (Wildman–Crippen MR) is 212 cm³/mol. The summed E-state index contributed by atoms with van der Waals surface area (Å²) in [5.74, 6) is -1.55. The Morgan fingerprint density at radius 3 is 2.31 bits per heavy atom. The van der Waals surface area contributed by atoms with E-state index in [0.29, 0.717) is 12.8 Å². The third kappa shape index (κ3) is 10.9. The highest BCUT2D eigenvalue weighted by atomic mass is 31.2. The number of amides is 1. The predicted octanol–water partition coefficient (Wildman–Crippen LogP) is -0.286. The average molecular weight is 910 g/mol. The molecule has 27 heteroatoms. The molecule has 62 heavy (non-hydrogen) atoms. The van der Waals surface area contributed by atoms with Gasteiger partial charge in [-0.25, -0.2) is 33.7 Å². The second kappa shape index (κ2) is 19.6. The van der Waals surface area contributed by atoms with E-state index < -0.39 is 102 Å². The minimum absolute atomic E-state index is 0.00441. The largest absolute Gasteiger partial charge is 0.472 e. The van der Waals surface area contributed by atoms with Crippen molar-refractivity contribution >= 4 is 50.3 Å². The number of aliphatic hydroxyl groups is 2. The van der Waals surface area contributed by atoms with Crippen molar-refractivity contribution in [3.63, 3.8) is 0 Å². The fraction of sp³-hybridized carbons (Fsp3) is 0.457. The molecule has 0 spiro atoms. The first-order chi connectivity index (χ1) is 29.4. The van der Waals surface area contributed by atoms with Crippen molar-refractivity contribution < 1.29 is 71.4 Å². The summed E-state index contributed by atoms with van der Waals surface area (Å²) in [6, 6.07) is 9.12. The molecule has 2 fully saturated rings. The Labute approximate surface area is 351 Å². The summed E-state index contributed by atoms with van der Waals surface area (Å²) in [5.41, 5.74) is 11.6. The van der Waals surface area contributed by atoms with Gasteiger partial charge in [0, 0.05) is 19.7 Å². The van der Waals surface area contributed by atoms with Gasteiger partial charge in [0.05, 0.1) is 19.5 Å². The van der Waals surface area contributed by atoms with E-state index in [2.05, 4.69) is 31.0 Å². The van der Waals surface area contributed by atoms with Crippen LogP contribution in [-0.4, -0.2) is 134 Å². The number of carbonyl (C=O) groups is 2. The molecule has 25 nitrogen and oxygen atoms in total. The number of anilines is 2. The van der Waals surface area contributed by atoms with Gasteiger partial charge in [0.15, 0.2) is 30.0 Å². The van der Waals surface area contributed by atoms with Crippen LogP contribution in [0.3, 0.4) is 0 Å². The van der Waals surface area contributed by atoms with Crippen LogP contribution in [0.2, 0.25) is 0 Å². The highest BCUT2D eigenvalue weighted by Gasteiger charge is 2.52. The second-order valence-corrected chi connectivity index (χ2v) is 16.8. The fourth-order valence-electron chi connectivity index (χ4n) is 6.85. The molecular weight excluding hydrogens is 864 g/mol. The number of nitrogen functional groups attached to an aromatic ring is 2. The molecule has 10 atom stereocenters. The number of aryl methyl sites for hydroxylation is 1. The molecule has 2 saturated heterocycles. The number of rotatable bonds is 19. The number of ether oxygens (including phenoxy) is 3. The fourth-order valence-corrected chi connectivity index (χ4v) is 8.15. The maximum atomic E-state index is 14.1. The summed E-state index contributed by atoms with van der Waals surface area (Å²) < 4.78 is 59.8. The number of hydrogen-bond donors (Lipinski definition) is 7. The molecule has 0 bridgehead atoms. The van der Waals surface area contributed by atoms with Crippen LogP contribution in [0.25, 0.3) is 11.2 Å². The number of esters is 1. The molecule has 5 heterocycles. The van der Waals surface area contributed by atoms with Gasteiger partial charge in [-0.15, -0.1) is 6.58 Å². The van der Waals surface area contributed by atoms with Crippen LogP contribution in [0.15, 0.2) is 72.7 Å². The summed E-state index contributed by atoms with van der Waals surface area (Å²) in [7, 11) is -9.15. The van der Waals surface area contributed by atoms with Crippen LogP contribution in [0.5, 0.6) is 0 Å². The Morgan fingerprint density at radius 2 is 1.63 bits per heavy atom. The molecule has 336 valence electrons. The number of nitrogens with zero attached hydrogens (tertiary/aromatic N) is 7. The number of fused-ring (bicyclic) bond motifs is 1. The number of imidazole rings is 1. The highest BCUT2D eigenvalue weighted by molar-refractivity contribution is 7.47. The minimum atomic E-state index is -5.41. The van der Waals surface area contributed by atoms with Gasteiger partial charge in [0.2, 0.25) is 5.91 Å². The minimum Gasteiger partial charge on any atom is -0.455 e. The standard InChI is InChI=1S/C35H45N9O16P2/c1-3-4-10-24(45)42(2)20(12-11-19-8-6-5-7-9-19)34(48)59-28-21(57-33(26(28)46)44-18-40-25-30(37)38-17-39-31(25)44)16-56-62(53,54)60-29-22(15-55-61(50,51)52)58-32(27(29)47)43-14-13-23(36)41-35(43)49/h3,5-9,13-14,17-18,20-22,26-29,32-33,46-47H,1,4,10-12,15-16H2,2H3,(H,53,54)(H2,36,41,49)(H2,37,38,39)(H2,50,51,52)/t20-,21?,22-,26?,27-,28?,29-,32-,33?/m1/s1. The van der Waals surface area contributed by atoms with E-state index in [9.17, 15) is 48.4 Å². The van der Waals surface area contributed by atoms with Gasteiger partial charge in [-0.2, -0.15) is 4.98 Å². The van der Waals surface area contributed by atoms with Gasteiger partial charge < -0.3 is 55.5 Å². The number of allylic oxidation sites excluding steroid dienone is 1. The van der Waals surface area contributed by atoms with Crippen LogP contribution in [0.4, 0.5) is 11.6 Å². The summed E-state index contributed by atoms with van der Waals surface area (Å²) in [4.78, 5) is 86.5. The molecule has 5 unspecified atom stereocenters. The number of phosphoric ester groups is 2. The van der Waals surface area contributed by atoms with Gasteiger partial charge in [-0.3, -0.25) is 27.5 Å². The molecular formula is C35H45N9O16P2. The van der Waals surface area contributed by atoms with E-state index in [1.807, 2.05) is 30.3 Å². The lowest BCUT2D eigenvalue weighted by Gasteiger charge is -2.30. The Kier molecular flexibility index (Phi) is 14.7. The number of carbonyl (C=O) groups excluding carboxylic acids is 2. The normalized spacial score (nSPS) is 25.3. The van der Waals surface area contributed by atoms with Crippen LogP contribution >= 0.6 is 15.6 Å². The number of benzene rings is 1. The van der Waals surface area contributed by atoms with E-state index in [1.165, 1.54) is 28.9 Å². The zero-order valence-electron chi connectivity index (χ0n) is 32.8. The highest BCUT2D eigenvalue weighted by Crippen LogP contribution is 2.50. The molecule has 1 aromatic carbocycles. The van der Waals surface area contributed by atoms with Crippen molar-refractivity contribution in [1.82, 2.24) is 34.0 Å². The van der Waals surface area contributed by atoms with E-state index in [4.69, 9.17) is 34.7 Å². The van der Waals surface area contributed by atoms with Crippen molar-refractivity contribution in [2.45, 2.75) is 80.8 Å². The van der Waals surface area contributed by atoms with E-state index >= 15 is 0 Å². The van der Waals surface area contributed by atoms with E-state index in [1.54, 1.807) is 6.08 Å². The zero-order valence-corrected chi connectivity index (χ0v) is 34.6. The van der Waals surface area contributed by atoms with Gasteiger partial charge in [-0.1, -0.05) is 36.4 Å². The van der Waals surface area contributed by atoms with E-state index in [0.717, 1.165) is 22.7 Å². The summed E-state index contributed by atoms with van der Waals surface area (Å²) in [6.07, 6.45) is -7.97. The number of phosphoric acid groups is 2. The van der Waals surface area contributed by atoms with Crippen molar-refractivity contribution in [3.8, 4) is 0 Å². The van der Waals surface area contributed by atoms with Crippen LogP contribution in [0, 0.1) is 0 Å². The van der Waals surface area contributed by atoms with Crippen LogP contribution in [-0.2, 0) is 52.9 Å². The first-order valence-corrected chi connectivity index (χ1v) is 21.8. The van der Waals surface area contributed by atoms with Gasteiger partial charge in [0.1, 0.15) is 54.2 Å². The van der Waals surface area contributed by atoms with Gasteiger partial charge >= 0.3 is 27.3 Å². The molecule has 0 aliphatic carbocycles. The number of aromatic nitrogens is 6. The Hall–Kier alpha value is -5.01. The molecule has 9 N–H and O–H groups in total. The number of hydrogen-bond acceptors (Lipinski definition) is 19. The molecule has 2 aliphatic rings. The quantitative estimate of drug-likeness (QED) is 0.0361. The zero-order chi connectivity index (χ0) is 44.9. The Balaban J connectivity index is 1.26. The van der Waals surface area contributed by atoms with Crippen molar-refractivity contribution in [2.24, 2.45) is 0 Å². The molecule has 3 aromatic heterocycles. The molecule has 6 rings (SSSR count).